The Morgan fingerprint density at radius 2 is 1.12 bits per heavy atom. The zero-order chi connectivity index (χ0) is 16.5. The highest BCUT2D eigenvalue weighted by Gasteiger charge is 2.28. The van der Waals surface area contributed by atoms with Gasteiger partial charge in [-0.3, -0.25) is 10.9 Å². The number of nitrogens with one attached hydrogen (secondary N) is 2. The molecule has 0 fully saturated rings. The standard InChI is InChI=1S/C20H22N4/c1-3-13-15-9-5-7-11-17(15)21-19(13)23-24-20-14(4-2)16-10-6-8-12-18(16)22-20/h5-14H,3-4H2,1-2H3,(H,21,23)(H,22,24). The minimum atomic E-state index is 0.318. The number of aliphatic imine (C=N–C) groups is 2. The maximum atomic E-state index is 4.75. The van der Waals surface area contributed by atoms with Crippen molar-refractivity contribution in [1.82, 2.24) is 10.9 Å². The molecule has 2 heterocycles. The Morgan fingerprint density at radius 3 is 1.54 bits per heavy atom. The largest absolute Gasteiger partial charge is 0.286 e. The van der Waals surface area contributed by atoms with E-state index in [0.29, 0.717) is 11.8 Å². The number of hydrogen-bond donors (Lipinski definition) is 2. The van der Waals surface area contributed by atoms with Gasteiger partial charge in [-0.1, -0.05) is 50.2 Å². The van der Waals surface area contributed by atoms with Gasteiger partial charge in [0, 0.05) is 11.8 Å². The molecule has 24 heavy (non-hydrogen) atoms. The first kappa shape index (κ1) is 14.9. The van der Waals surface area contributed by atoms with E-state index in [1.807, 2.05) is 12.1 Å². The van der Waals surface area contributed by atoms with Gasteiger partial charge in [-0.2, -0.15) is 0 Å². The summed E-state index contributed by atoms with van der Waals surface area (Å²) in [7, 11) is 0. The number of nitrogens with zero attached hydrogens (tertiary/aromatic N) is 2. The summed E-state index contributed by atoms with van der Waals surface area (Å²) in [4.78, 5) is 9.51. The van der Waals surface area contributed by atoms with Crippen LogP contribution in [0, 0.1) is 0 Å². The van der Waals surface area contributed by atoms with Gasteiger partial charge < -0.3 is 0 Å². The monoisotopic (exact) mass is 318 g/mol. The fourth-order valence-corrected chi connectivity index (χ4v) is 3.66. The average molecular weight is 318 g/mol. The van der Waals surface area contributed by atoms with E-state index in [2.05, 4.69) is 61.1 Å². The van der Waals surface area contributed by atoms with Crippen LogP contribution in [0.2, 0.25) is 0 Å². The van der Waals surface area contributed by atoms with Crippen molar-refractivity contribution in [1.29, 1.82) is 0 Å². The number of benzene rings is 2. The highest BCUT2D eigenvalue weighted by molar-refractivity contribution is 6.00. The molecule has 2 aliphatic rings. The van der Waals surface area contributed by atoms with Crippen molar-refractivity contribution in [3.63, 3.8) is 0 Å². The van der Waals surface area contributed by atoms with Crippen LogP contribution in [0.1, 0.15) is 49.7 Å². The minimum Gasteiger partial charge on any atom is -0.286 e. The van der Waals surface area contributed by atoms with Gasteiger partial charge >= 0.3 is 0 Å². The zero-order valence-corrected chi connectivity index (χ0v) is 14.1. The molecule has 0 saturated carbocycles. The molecular formula is C20H22N4. The van der Waals surface area contributed by atoms with E-state index in [9.17, 15) is 0 Å². The van der Waals surface area contributed by atoms with Crippen LogP contribution in [0.15, 0.2) is 58.5 Å². The third kappa shape index (κ3) is 2.39. The molecule has 0 spiro atoms. The van der Waals surface area contributed by atoms with Crippen LogP contribution >= 0.6 is 0 Å². The quantitative estimate of drug-likeness (QED) is 0.798. The Morgan fingerprint density at radius 1 is 0.708 bits per heavy atom. The second kappa shape index (κ2) is 6.11. The molecule has 0 saturated heterocycles. The Bertz CT molecular complexity index is 752. The molecule has 0 aliphatic carbocycles. The lowest BCUT2D eigenvalue weighted by molar-refractivity contribution is 0.740. The molecule has 122 valence electrons. The molecular weight excluding hydrogens is 296 g/mol. The van der Waals surface area contributed by atoms with Crippen LogP contribution in [0.25, 0.3) is 0 Å². The SMILES string of the molecule is CCC1C(NNC2=Nc3ccccc3C2CC)=Nc2ccccc21. The van der Waals surface area contributed by atoms with Gasteiger partial charge in [-0.05, 0) is 36.1 Å². The van der Waals surface area contributed by atoms with Crippen LogP contribution in [0.5, 0.6) is 0 Å². The second-order valence-electron chi connectivity index (χ2n) is 6.28. The fraction of sp³-hybridized carbons (Fsp3) is 0.300. The molecule has 2 N–H and O–H groups in total. The number of para-hydroxylation sites is 2. The van der Waals surface area contributed by atoms with Gasteiger partial charge in [0.25, 0.3) is 0 Å². The van der Waals surface area contributed by atoms with Crippen molar-refractivity contribution >= 4 is 23.0 Å². The first-order valence-corrected chi connectivity index (χ1v) is 8.68. The third-order valence-corrected chi connectivity index (χ3v) is 4.90. The lowest BCUT2D eigenvalue weighted by Gasteiger charge is -2.18. The summed E-state index contributed by atoms with van der Waals surface area (Å²) in [5.74, 6) is 2.59. The van der Waals surface area contributed by atoms with Crippen LogP contribution in [0.3, 0.4) is 0 Å². The van der Waals surface area contributed by atoms with E-state index in [4.69, 9.17) is 9.98 Å². The minimum absolute atomic E-state index is 0.318. The average Bonchev–Trinajstić information content (AvgIpc) is 3.16. The molecule has 0 aromatic heterocycles. The zero-order valence-electron chi connectivity index (χ0n) is 14.1. The van der Waals surface area contributed by atoms with Crippen molar-refractivity contribution in [2.75, 3.05) is 0 Å². The third-order valence-electron chi connectivity index (χ3n) is 4.90. The molecule has 2 aromatic rings. The smallest absolute Gasteiger partial charge is 0.128 e. The summed E-state index contributed by atoms with van der Waals surface area (Å²) in [5.41, 5.74) is 11.4. The van der Waals surface area contributed by atoms with Gasteiger partial charge in [0.1, 0.15) is 11.7 Å². The van der Waals surface area contributed by atoms with E-state index >= 15 is 0 Å². The van der Waals surface area contributed by atoms with Crippen LogP contribution in [0.4, 0.5) is 11.4 Å². The van der Waals surface area contributed by atoms with Crippen molar-refractivity contribution in [2.24, 2.45) is 9.98 Å². The van der Waals surface area contributed by atoms with Crippen LogP contribution < -0.4 is 10.9 Å². The number of amidine groups is 2. The van der Waals surface area contributed by atoms with E-state index in [-0.39, 0.29) is 0 Å². The Hall–Kier alpha value is -2.62. The number of fused-ring (bicyclic) bond motifs is 2. The van der Waals surface area contributed by atoms with Crippen molar-refractivity contribution in [3.05, 3.63) is 59.7 Å². The van der Waals surface area contributed by atoms with Gasteiger partial charge in [0.05, 0.1) is 11.4 Å². The number of hydrazine groups is 1. The predicted octanol–water partition coefficient (Wildman–Crippen LogP) is 4.56. The highest BCUT2D eigenvalue weighted by atomic mass is 15.4. The number of rotatable bonds is 2. The maximum absolute atomic E-state index is 4.75. The van der Waals surface area contributed by atoms with E-state index in [1.54, 1.807) is 0 Å². The molecule has 0 radical (unpaired) electrons. The van der Waals surface area contributed by atoms with E-state index in [1.165, 1.54) is 11.1 Å². The van der Waals surface area contributed by atoms with Crippen molar-refractivity contribution < 1.29 is 0 Å². The summed E-state index contributed by atoms with van der Waals surface area (Å²) in [5, 5.41) is 0. The number of hydrogen-bond acceptors (Lipinski definition) is 4. The van der Waals surface area contributed by atoms with E-state index < -0.39 is 0 Å². The van der Waals surface area contributed by atoms with Crippen molar-refractivity contribution in [3.8, 4) is 0 Å². The molecule has 4 nitrogen and oxygen atoms in total. The second-order valence-corrected chi connectivity index (χ2v) is 6.28. The molecule has 4 heteroatoms. The summed E-state index contributed by atoms with van der Waals surface area (Å²) < 4.78 is 0. The topological polar surface area (TPSA) is 48.8 Å². The van der Waals surface area contributed by atoms with Gasteiger partial charge in [-0.15, -0.1) is 0 Å². The first-order valence-electron chi connectivity index (χ1n) is 8.68. The molecule has 0 amide bonds. The van der Waals surface area contributed by atoms with Crippen LogP contribution in [-0.4, -0.2) is 11.7 Å². The lowest BCUT2D eigenvalue weighted by Crippen LogP contribution is -2.44. The maximum Gasteiger partial charge on any atom is 0.128 e. The Labute approximate surface area is 142 Å². The Kier molecular flexibility index (Phi) is 3.81. The Balaban J connectivity index is 1.52. The van der Waals surface area contributed by atoms with Crippen LogP contribution in [-0.2, 0) is 0 Å². The van der Waals surface area contributed by atoms with Gasteiger partial charge in [-0.25, -0.2) is 9.98 Å². The predicted molar refractivity (Wildman–Crippen MR) is 99.4 cm³/mol. The summed E-state index contributed by atoms with van der Waals surface area (Å²) in [6.07, 6.45) is 2.04. The van der Waals surface area contributed by atoms with Crippen molar-refractivity contribution in [2.45, 2.75) is 38.5 Å². The van der Waals surface area contributed by atoms with Gasteiger partial charge in [0.15, 0.2) is 0 Å². The molecule has 2 unspecified atom stereocenters. The van der Waals surface area contributed by atoms with Gasteiger partial charge in [0.2, 0.25) is 0 Å². The summed E-state index contributed by atoms with van der Waals surface area (Å²) in [6, 6.07) is 16.7. The fourth-order valence-electron chi connectivity index (χ4n) is 3.66. The summed E-state index contributed by atoms with van der Waals surface area (Å²) >= 11 is 0. The first-order chi connectivity index (χ1) is 11.8. The molecule has 0 bridgehead atoms. The lowest BCUT2D eigenvalue weighted by atomic mass is 9.96. The highest BCUT2D eigenvalue weighted by Crippen LogP contribution is 2.37. The van der Waals surface area contributed by atoms with E-state index in [0.717, 1.165) is 35.9 Å². The molecule has 2 atom stereocenters. The summed E-state index contributed by atoms with van der Waals surface area (Å²) in [6.45, 7) is 4.39. The molecule has 2 aliphatic heterocycles. The molecule has 4 rings (SSSR count). The normalized spacial score (nSPS) is 20.9. The molecule has 2 aromatic carbocycles.